The average Bonchev–Trinajstić information content (AvgIpc) is 3.25. The maximum Gasteiger partial charge on any atom is 0.251 e. The maximum atomic E-state index is 13.3. The molecule has 4 nitrogen and oxygen atoms in total. The second kappa shape index (κ2) is 8.86. The Kier molecular flexibility index (Phi) is 6.21. The number of hydrogen-bond acceptors (Lipinski definition) is 3. The third kappa shape index (κ3) is 4.57. The number of nitrogens with one attached hydrogen (secondary N) is 1. The first-order chi connectivity index (χ1) is 14.4. The fraction of sp³-hybridized carbons (Fsp3) is 0.480. The zero-order valence-electron chi connectivity index (χ0n) is 17.6. The minimum atomic E-state index is -1.04. The van der Waals surface area contributed by atoms with Gasteiger partial charge in [-0.15, -0.1) is 0 Å². The van der Waals surface area contributed by atoms with Crippen LogP contribution in [0.2, 0.25) is 0 Å². The van der Waals surface area contributed by atoms with Crippen molar-refractivity contribution < 1.29 is 14.3 Å². The average molecular weight is 411 g/mol. The summed E-state index contributed by atoms with van der Waals surface area (Å²) in [5, 5.41) is 14.4. The van der Waals surface area contributed by atoms with E-state index in [0.29, 0.717) is 17.9 Å². The quantitative estimate of drug-likeness (QED) is 0.772. The van der Waals surface area contributed by atoms with E-state index in [1.54, 1.807) is 0 Å². The fourth-order valence-corrected chi connectivity index (χ4v) is 5.06. The zero-order chi connectivity index (χ0) is 21.1. The number of halogens is 1. The summed E-state index contributed by atoms with van der Waals surface area (Å²) in [6, 6.07) is 15.1. The molecule has 0 spiro atoms. The van der Waals surface area contributed by atoms with Crippen LogP contribution in [-0.2, 0) is 0 Å². The van der Waals surface area contributed by atoms with Crippen molar-refractivity contribution >= 4 is 5.91 Å². The highest BCUT2D eigenvalue weighted by atomic mass is 19.1. The van der Waals surface area contributed by atoms with Gasteiger partial charge in [0, 0.05) is 18.7 Å². The van der Waals surface area contributed by atoms with Crippen molar-refractivity contribution in [1.82, 2.24) is 10.2 Å². The van der Waals surface area contributed by atoms with Crippen LogP contribution in [-0.4, -0.2) is 40.6 Å². The lowest BCUT2D eigenvalue weighted by Crippen LogP contribution is -2.62. The molecule has 1 amide bonds. The minimum absolute atomic E-state index is 0.111. The third-order valence-electron chi connectivity index (χ3n) is 6.79. The second-order valence-electron chi connectivity index (χ2n) is 9.07. The number of benzene rings is 2. The molecule has 2 aliphatic rings. The van der Waals surface area contributed by atoms with Gasteiger partial charge in [0.1, 0.15) is 5.82 Å². The molecule has 3 atom stereocenters. The number of nitrogens with zero attached hydrogens (tertiary/aromatic N) is 1. The predicted molar refractivity (Wildman–Crippen MR) is 116 cm³/mol. The van der Waals surface area contributed by atoms with Crippen LogP contribution in [0.4, 0.5) is 4.39 Å². The van der Waals surface area contributed by atoms with Crippen molar-refractivity contribution in [3.05, 3.63) is 71.5 Å². The van der Waals surface area contributed by atoms with Crippen LogP contribution in [0.3, 0.4) is 0 Å². The van der Waals surface area contributed by atoms with E-state index in [9.17, 15) is 14.3 Å². The molecule has 2 aromatic rings. The highest BCUT2D eigenvalue weighted by Gasteiger charge is 2.46. The van der Waals surface area contributed by atoms with Gasteiger partial charge in [-0.3, -0.25) is 9.69 Å². The zero-order valence-corrected chi connectivity index (χ0v) is 17.6. The van der Waals surface area contributed by atoms with Gasteiger partial charge in [0.05, 0.1) is 17.7 Å². The van der Waals surface area contributed by atoms with Crippen molar-refractivity contribution in [2.75, 3.05) is 13.1 Å². The maximum absolute atomic E-state index is 13.3. The third-order valence-corrected chi connectivity index (χ3v) is 6.79. The smallest absolute Gasteiger partial charge is 0.251 e. The van der Waals surface area contributed by atoms with Crippen LogP contribution in [0.25, 0.3) is 0 Å². The molecule has 1 heterocycles. The molecule has 30 heavy (non-hydrogen) atoms. The fourth-order valence-electron chi connectivity index (χ4n) is 5.06. The topological polar surface area (TPSA) is 52.6 Å². The van der Waals surface area contributed by atoms with Gasteiger partial charge in [-0.1, -0.05) is 43.2 Å². The summed E-state index contributed by atoms with van der Waals surface area (Å²) < 4.78 is 13.3. The van der Waals surface area contributed by atoms with Crippen LogP contribution in [0.5, 0.6) is 0 Å². The number of aliphatic hydroxyl groups is 1. The molecule has 0 aromatic heterocycles. The van der Waals surface area contributed by atoms with E-state index in [1.807, 2.05) is 25.1 Å². The van der Waals surface area contributed by atoms with E-state index in [4.69, 9.17) is 0 Å². The number of carbonyl (C=O) groups excluding carboxylic acids is 1. The normalized spacial score (nSPS) is 27.8. The molecule has 2 aromatic carbocycles. The van der Waals surface area contributed by atoms with Gasteiger partial charge < -0.3 is 10.4 Å². The first-order valence-corrected chi connectivity index (χ1v) is 11.0. The lowest BCUT2D eigenvalue weighted by atomic mass is 9.79. The first-order valence-electron chi connectivity index (χ1n) is 11.0. The molecule has 1 saturated carbocycles. The largest absolute Gasteiger partial charge is 0.388 e. The molecule has 4 rings (SSSR count). The van der Waals surface area contributed by atoms with Gasteiger partial charge >= 0.3 is 0 Å². The van der Waals surface area contributed by atoms with Crippen LogP contribution >= 0.6 is 0 Å². The van der Waals surface area contributed by atoms with Crippen LogP contribution in [0, 0.1) is 11.7 Å². The van der Waals surface area contributed by atoms with Crippen LogP contribution in [0.1, 0.15) is 61.0 Å². The van der Waals surface area contributed by atoms with Crippen molar-refractivity contribution in [3.8, 4) is 0 Å². The summed E-state index contributed by atoms with van der Waals surface area (Å²) in [4.78, 5) is 15.4. The van der Waals surface area contributed by atoms with E-state index in [1.165, 1.54) is 49.9 Å². The molecule has 1 saturated heterocycles. The number of carbonyl (C=O) groups is 1. The summed E-state index contributed by atoms with van der Waals surface area (Å²) in [7, 11) is 0. The van der Waals surface area contributed by atoms with Gasteiger partial charge in [-0.2, -0.15) is 0 Å². The summed E-state index contributed by atoms with van der Waals surface area (Å²) in [6.45, 7) is 3.59. The van der Waals surface area contributed by atoms with Crippen molar-refractivity contribution in [2.45, 2.75) is 56.7 Å². The Hall–Kier alpha value is -2.24. The molecule has 2 N–H and O–H groups in total. The molecule has 5 heteroatoms. The van der Waals surface area contributed by atoms with Gasteiger partial charge in [-0.05, 0) is 61.9 Å². The standard InChI is InChI=1S/C25H31FN2O2/c1-25(30)15-16-28(17-18-7-5-6-8-18)22(19-9-3-2-4-10-19)23(25)27-24(29)20-11-13-21(26)14-12-20/h2-4,9-14,18,22-23,30H,5-8,15-17H2,1H3,(H,27,29)/t22-,23-,25+/m0/s1. The molecule has 160 valence electrons. The Morgan fingerprint density at radius 2 is 1.80 bits per heavy atom. The molecule has 0 unspecified atom stereocenters. The lowest BCUT2D eigenvalue weighted by molar-refractivity contribution is -0.0672. The van der Waals surface area contributed by atoms with Gasteiger partial charge in [0.25, 0.3) is 5.91 Å². The van der Waals surface area contributed by atoms with Crippen LogP contribution < -0.4 is 5.32 Å². The van der Waals surface area contributed by atoms with Crippen LogP contribution in [0.15, 0.2) is 54.6 Å². The Morgan fingerprint density at radius 3 is 2.47 bits per heavy atom. The molecule has 1 aliphatic carbocycles. The Morgan fingerprint density at radius 1 is 1.13 bits per heavy atom. The lowest BCUT2D eigenvalue weighted by Gasteiger charge is -2.50. The predicted octanol–water partition coefficient (Wildman–Crippen LogP) is 4.31. The van der Waals surface area contributed by atoms with Crippen molar-refractivity contribution in [1.29, 1.82) is 0 Å². The summed E-state index contributed by atoms with van der Waals surface area (Å²) in [5.41, 5.74) is 0.453. The number of amides is 1. The Labute approximate surface area is 178 Å². The monoisotopic (exact) mass is 410 g/mol. The van der Waals surface area contributed by atoms with E-state index >= 15 is 0 Å². The highest BCUT2D eigenvalue weighted by molar-refractivity contribution is 5.94. The van der Waals surface area contributed by atoms with Gasteiger partial charge in [-0.25, -0.2) is 4.39 Å². The van der Waals surface area contributed by atoms with E-state index < -0.39 is 11.6 Å². The summed E-state index contributed by atoms with van der Waals surface area (Å²) in [5.74, 6) is 0.0118. The second-order valence-corrected chi connectivity index (χ2v) is 9.07. The SMILES string of the molecule is C[C@@]1(O)CCN(CC2CCCC2)[C@@H](c2ccccc2)[C@@H]1NC(=O)c1ccc(F)cc1. The van der Waals surface area contributed by atoms with Crippen molar-refractivity contribution in [2.24, 2.45) is 5.92 Å². The number of hydrogen-bond donors (Lipinski definition) is 2. The minimum Gasteiger partial charge on any atom is -0.388 e. The van der Waals surface area contributed by atoms with Gasteiger partial charge in [0.15, 0.2) is 0 Å². The number of rotatable bonds is 5. The molecular formula is C25H31FN2O2. The number of piperidine rings is 1. The molecular weight excluding hydrogens is 379 g/mol. The van der Waals surface area contributed by atoms with E-state index in [2.05, 4.69) is 22.3 Å². The Bertz CT molecular complexity index is 847. The van der Waals surface area contributed by atoms with Gasteiger partial charge in [0.2, 0.25) is 0 Å². The molecule has 2 fully saturated rings. The molecule has 0 bridgehead atoms. The van der Waals surface area contributed by atoms with E-state index in [0.717, 1.165) is 18.7 Å². The number of likely N-dealkylation sites (tertiary alicyclic amines) is 1. The summed E-state index contributed by atoms with van der Waals surface area (Å²) in [6.07, 6.45) is 5.67. The molecule has 1 aliphatic heterocycles. The van der Waals surface area contributed by atoms with Crippen molar-refractivity contribution in [3.63, 3.8) is 0 Å². The summed E-state index contributed by atoms with van der Waals surface area (Å²) >= 11 is 0. The molecule has 0 radical (unpaired) electrons. The van der Waals surface area contributed by atoms with E-state index in [-0.39, 0.29) is 17.8 Å². The Balaban J connectivity index is 1.63. The first kappa shape index (κ1) is 21.0. The highest BCUT2D eigenvalue weighted by Crippen LogP contribution is 2.39.